The molecule has 0 aliphatic heterocycles. The molecule has 1 heterocycles. The first-order valence-corrected chi connectivity index (χ1v) is 5.72. The number of hydrogen-bond donors (Lipinski definition) is 1. The van der Waals surface area contributed by atoms with Gasteiger partial charge in [0.25, 0.3) is 5.69 Å². The molecular formula is C9H10BrN3O3. The van der Waals surface area contributed by atoms with Crippen LogP contribution in [0, 0.1) is 10.1 Å². The number of amides is 1. The highest BCUT2D eigenvalue weighted by molar-refractivity contribution is 9.09. The van der Waals surface area contributed by atoms with E-state index in [-0.39, 0.29) is 17.4 Å². The van der Waals surface area contributed by atoms with E-state index in [9.17, 15) is 14.9 Å². The van der Waals surface area contributed by atoms with Crippen molar-refractivity contribution in [1.29, 1.82) is 0 Å². The quantitative estimate of drug-likeness (QED) is 0.511. The van der Waals surface area contributed by atoms with Gasteiger partial charge in [-0.05, 0) is 6.42 Å². The summed E-state index contributed by atoms with van der Waals surface area (Å²) in [5.74, 6) is 0.00113. The maximum Gasteiger partial charge on any atom is 0.274 e. The van der Waals surface area contributed by atoms with Gasteiger partial charge in [0.05, 0.1) is 11.0 Å². The van der Waals surface area contributed by atoms with Gasteiger partial charge in [-0.1, -0.05) is 15.9 Å². The Kier molecular flexibility index (Phi) is 4.84. The van der Waals surface area contributed by atoms with Crippen LogP contribution in [0.5, 0.6) is 0 Å². The molecule has 7 heteroatoms. The molecule has 0 saturated carbocycles. The van der Waals surface area contributed by atoms with Crippen molar-refractivity contribution in [2.45, 2.75) is 12.8 Å². The molecule has 0 atom stereocenters. The van der Waals surface area contributed by atoms with Gasteiger partial charge in [0.1, 0.15) is 5.82 Å². The van der Waals surface area contributed by atoms with Crippen LogP contribution in [0.3, 0.4) is 0 Å². The van der Waals surface area contributed by atoms with E-state index in [1.807, 2.05) is 0 Å². The van der Waals surface area contributed by atoms with Crippen molar-refractivity contribution in [3.05, 3.63) is 28.4 Å². The zero-order valence-corrected chi connectivity index (χ0v) is 9.94. The fraction of sp³-hybridized carbons (Fsp3) is 0.333. The summed E-state index contributed by atoms with van der Waals surface area (Å²) in [4.78, 5) is 25.1. The van der Waals surface area contributed by atoms with Gasteiger partial charge in [-0.2, -0.15) is 0 Å². The summed E-state index contributed by atoms with van der Waals surface area (Å²) < 4.78 is 0. The van der Waals surface area contributed by atoms with E-state index in [0.717, 1.165) is 5.33 Å². The van der Waals surface area contributed by atoms with E-state index in [1.165, 1.54) is 18.3 Å². The van der Waals surface area contributed by atoms with Gasteiger partial charge in [-0.3, -0.25) is 14.9 Å². The molecule has 0 saturated heterocycles. The maximum atomic E-state index is 11.3. The first kappa shape index (κ1) is 12.6. The molecule has 1 aromatic rings. The zero-order valence-electron chi connectivity index (χ0n) is 8.35. The Morgan fingerprint density at radius 3 is 3.00 bits per heavy atom. The first-order valence-electron chi connectivity index (χ1n) is 4.59. The summed E-state index contributed by atoms with van der Waals surface area (Å²) in [6.07, 6.45) is 2.36. The Morgan fingerprint density at radius 1 is 1.62 bits per heavy atom. The third-order valence-corrected chi connectivity index (χ3v) is 2.32. The molecule has 0 aliphatic rings. The molecule has 1 N–H and O–H groups in total. The lowest BCUT2D eigenvalue weighted by molar-refractivity contribution is -0.384. The molecule has 16 heavy (non-hydrogen) atoms. The highest BCUT2D eigenvalue weighted by Gasteiger charge is 2.08. The maximum absolute atomic E-state index is 11.3. The lowest BCUT2D eigenvalue weighted by Gasteiger charge is -2.02. The van der Waals surface area contributed by atoms with Crippen molar-refractivity contribution in [1.82, 2.24) is 4.98 Å². The highest BCUT2D eigenvalue weighted by atomic mass is 79.9. The third kappa shape index (κ3) is 3.93. The Balaban J connectivity index is 2.63. The predicted molar refractivity (Wildman–Crippen MR) is 62.5 cm³/mol. The van der Waals surface area contributed by atoms with Gasteiger partial charge < -0.3 is 5.32 Å². The van der Waals surface area contributed by atoms with Gasteiger partial charge in [0.15, 0.2) is 0 Å². The van der Waals surface area contributed by atoms with Crippen LogP contribution in [0.2, 0.25) is 0 Å². The van der Waals surface area contributed by atoms with E-state index in [2.05, 4.69) is 26.2 Å². The number of nitrogens with one attached hydrogen (secondary N) is 1. The van der Waals surface area contributed by atoms with Gasteiger partial charge in [-0.15, -0.1) is 0 Å². The average molecular weight is 288 g/mol. The monoisotopic (exact) mass is 287 g/mol. The van der Waals surface area contributed by atoms with Crippen LogP contribution < -0.4 is 5.32 Å². The van der Waals surface area contributed by atoms with Gasteiger partial charge in [0, 0.05) is 24.0 Å². The summed E-state index contributed by atoms with van der Waals surface area (Å²) in [5, 5.41) is 13.7. The normalized spacial score (nSPS) is 9.81. The van der Waals surface area contributed by atoms with Crippen LogP contribution >= 0.6 is 15.9 Å². The number of pyridine rings is 1. The third-order valence-electron chi connectivity index (χ3n) is 1.76. The molecule has 6 nitrogen and oxygen atoms in total. The number of nitrogens with zero attached hydrogens (tertiary/aromatic N) is 2. The second-order valence-electron chi connectivity index (χ2n) is 3.00. The predicted octanol–water partition coefficient (Wildman–Crippen LogP) is 2.10. The van der Waals surface area contributed by atoms with Crippen LogP contribution in [0.25, 0.3) is 0 Å². The number of rotatable bonds is 5. The molecule has 0 bridgehead atoms. The number of nitro groups is 1. The molecular weight excluding hydrogens is 278 g/mol. The minimum absolute atomic E-state index is 0.0919. The lowest BCUT2D eigenvalue weighted by atomic mass is 10.3. The number of halogens is 1. The summed E-state index contributed by atoms with van der Waals surface area (Å²) in [6.45, 7) is 0. The number of hydrogen-bond acceptors (Lipinski definition) is 4. The summed E-state index contributed by atoms with van der Waals surface area (Å²) in [5.41, 5.74) is -0.0919. The second-order valence-corrected chi connectivity index (χ2v) is 3.79. The van der Waals surface area contributed by atoms with Crippen molar-refractivity contribution < 1.29 is 9.72 Å². The molecule has 0 fully saturated rings. The molecule has 0 radical (unpaired) electrons. The van der Waals surface area contributed by atoms with E-state index in [4.69, 9.17) is 0 Å². The standard InChI is InChI=1S/C9H10BrN3O3/c10-4-1-2-9(14)12-8-6-7(13(15)16)3-5-11-8/h3,5-6H,1-2,4H2,(H,11,12,14). The Labute approximate surface area is 100 Å². The minimum atomic E-state index is -0.532. The Hall–Kier alpha value is -1.50. The van der Waals surface area contributed by atoms with Crippen molar-refractivity contribution in [3.63, 3.8) is 0 Å². The Bertz CT molecular complexity index is 397. The molecule has 86 valence electrons. The van der Waals surface area contributed by atoms with Crippen LogP contribution in [0.4, 0.5) is 11.5 Å². The summed E-state index contributed by atoms with van der Waals surface area (Å²) >= 11 is 3.21. The van der Waals surface area contributed by atoms with Gasteiger partial charge in [0.2, 0.25) is 5.91 Å². The van der Waals surface area contributed by atoms with Crippen LogP contribution in [0.1, 0.15) is 12.8 Å². The zero-order chi connectivity index (χ0) is 12.0. The van der Waals surface area contributed by atoms with Crippen molar-refractivity contribution >= 4 is 33.3 Å². The Morgan fingerprint density at radius 2 is 2.38 bits per heavy atom. The molecule has 1 amide bonds. The second kappa shape index (κ2) is 6.16. The van der Waals surface area contributed by atoms with Crippen molar-refractivity contribution in [2.24, 2.45) is 0 Å². The van der Waals surface area contributed by atoms with Crippen molar-refractivity contribution in [3.8, 4) is 0 Å². The first-order chi connectivity index (χ1) is 7.63. The van der Waals surface area contributed by atoms with Crippen LogP contribution in [-0.4, -0.2) is 21.1 Å². The van der Waals surface area contributed by atoms with E-state index >= 15 is 0 Å². The topological polar surface area (TPSA) is 85.1 Å². The van der Waals surface area contributed by atoms with Crippen molar-refractivity contribution in [2.75, 3.05) is 10.6 Å². The van der Waals surface area contributed by atoms with E-state index in [1.54, 1.807) is 0 Å². The molecule has 1 aromatic heterocycles. The largest absolute Gasteiger partial charge is 0.310 e. The molecule has 0 aromatic carbocycles. The smallest absolute Gasteiger partial charge is 0.274 e. The number of carbonyl (C=O) groups excluding carboxylic acids is 1. The van der Waals surface area contributed by atoms with Crippen LogP contribution in [-0.2, 0) is 4.79 Å². The highest BCUT2D eigenvalue weighted by Crippen LogP contribution is 2.14. The van der Waals surface area contributed by atoms with Crippen LogP contribution in [0.15, 0.2) is 18.3 Å². The molecule has 0 spiro atoms. The average Bonchev–Trinajstić information content (AvgIpc) is 2.26. The lowest BCUT2D eigenvalue weighted by Crippen LogP contribution is -2.12. The number of carbonyl (C=O) groups is 1. The number of anilines is 1. The molecule has 0 unspecified atom stereocenters. The summed E-state index contributed by atoms with van der Waals surface area (Å²) in [7, 11) is 0. The number of aromatic nitrogens is 1. The number of alkyl halides is 1. The summed E-state index contributed by atoms with van der Waals surface area (Å²) in [6, 6.07) is 2.50. The SMILES string of the molecule is O=C(CCCBr)Nc1cc([N+](=O)[O-])ccn1. The fourth-order valence-corrected chi connectivity index (χ4v) is 1.31. The van der Waals surface area contributed by atoms with Gasteiger partial charge in [-0.25, -0.2) is 4.98 Å². The molecule has 1 rings (SSSR count). The van der Waals surface area contributed by atoms with E-state index < -0.39 is 4.92 Å². The molecule has 0 aliphatic carbocycles. The minimum Gasteiger partial charge on any atom is -0.310 e. The van der Waals surface area contributed by atoms with Gasteiger partial charge >= 0.3 is 0 Å². The van der Waals surface area contributed by atoms with E-state index in [0.29, 0.717) is 12.8 Å². The fourth-order valence-electron chi connectivity index (χ4n) is 1.03.